The summed E-state index contributed by atoms with van der Waals surface area (Å²) >= 11 is 7.38. The minimum atomic E-state index is -0.0845. The topological polar surface area (TPSA) is 52.0 Å². The fraction of sp³-hybridized carbons (Fsp3) is 0.250. The summed E-state index contributed by atoms with van der Waals surface area (Å²) in [5, 5.41) is 1.59. The van der Waals surface area contributed by atoms with Gasteiger partial charge in [-0.25, -0.2) is 4.98 Å². The van der Waals surface area contributed by atoms with Crippen molar-refractivity contribution in [1.82, 2.24) is 9.55 Å². The average molecular weight is 387 g/mol. The molecule has 1 aromatic heterocycles. The second kappa shape index (κ2) is 8.06. The Kier molecular flexibility index (Phi) is 5.79. The molecule has 3 rings (SSSR count). The minimum absolute atomic E-state index is 0.00229. The maximum absolute atomic E-state index is 12.9. The van der Waals surface area contributed by atoms with Gasteiger partial charge in [-0.1, -0.05) is 54.6 Å². The lowest BCUT2D eigenvalue weighted by molar-refractivity contribution is 0.102. The van der Waals surface area contributed by atoms with Gasteiger partial charge in [0.1, 0.15) is 0 Å². The number of benzene rings is 2. The molecule has 0 aliphatic rings. The summed E-state index contributed by atoms with van der Waals surface area (Å²) in [7, 11) is 0. The van der Waals surface area contributed by atoms with E-state index in [1.807, 2.05) is 32.0 Å². The number of aromatic nitrogens is 2. The summed E-state index contributed by atoms with van der Waals surface area (Å²) in [5.41, 5.74) is 1.06. The van der Waals surface area contributed by atoms with Crippen molar-refractivity contribution in [2.75, 3.05) is 5.75 Å². The van der Waals surface area contributed by atoms with Crippen LogP contribution in [-0.4, -0.2) is 21.1 Å². The average Bonchev–Trinajstić information content (AvgIpc) is 2.66. The van der Waals surface area contributed by atoms with Gasteiger partial charge in [-0.15, -0.1) is 0 Å². The van der Waals surface area contributed by atoms with Crippen molar-refractivity contribution in [3.63, 3.8) is 0 Å². The van der Waals surface area contributed by atoms with Gasteiger partial charge in [0.25, 0.3) is 5.56 Å². The summed E-state index contributed by atoms with van der Waals surface area (Å²) in [6, 6.07) is 14.3. The van der Waals surface area contributed by atoms with Gasteiger partial charge in [-0.2, -0.15) is 0 Å². The standard InChI is InChI=1S/C20H19ClN2O2S/c1-3-13(2)23-19(25)15-9-5-7-11-17(15)22-20(23)26-12-18(24)14-8-4-6-10-16(14)21/h4-11,13H,3,12H2,1-2H3/t13-/m0/s1. The Hall–Kier alpha value is -2.11. The van der Waals surface area contributed by atoms with Gasteiger partial charge in [0.2, 0.25) is 0 Å². The maximum Gasteiger partial charge on any atom is 0.262 e. The molecule has 0 bridgehead atoms. The molecule has 6 heteroatoms. The van der Waals surface area contributed by atoms with E-state index in [4.69, 9.17) is 11.6 Å². The van der Waals surface area contributed by atoms with Crippen molar-refractivity contribution in [3.05, 3.63) is 69.5 Å². The number of carbonyl (C=O) groups excluding carboxylic acids is 1. The smallest absolute Gasteiger partial charge is 0.262 e. The van der Waals surface area contributed by atoms with Crippen LogP contribution in [0.15, 0.2) is 58.5 Å². The predicted octanol–water partition coefficient (Wildman–Crippen LogP) is 5.00. The zero-order valence-corrected chi connectivity index (χ0v) is 16.2. The van der Waals surface area contributed by atoms with Crippen molar-refractivity contribution in [3.8, 4) is 0 Å². The van der Waals surface area contributed by atoms with E-state index in [0.717, 1.165) is 6.42 Å². The van der Waals surface area contributed by atoms with Crippen LogP contribution in [0.3, 0.4) is 0 Å². The molecule has 134 valence electrons. The normalized spacial score (nSPS) is 12.3. The Labute approximate surface area is 161 Å². The lowest BCUT2D eigenvalue weighted by Gasteiger charge is -2.18. The lowest BCUT2D eigenvalue weighted by atomic mass is 10.1. The van der Waals surface area contributed by atoms with Gasteiger partial charge < -0.3 is 0 Å². The molecule has 0 radical (unpaired) electrons. The maximum atomic E-state index is 12.9. The van der Waals surface area contributed by atoms with Crippen molar-refractivity contribution in [2.45, 2.75) is 31.5 Å². The van der Waals surface area contributed by atoms with Crippen molar-refractivity contribution < 1.29 is 4.79 Å². The number of thioether (sulfide) groups is 1. The zero-order valence-electron chi connectivity index (χ0n) is 14.6. The molecule has 0 spiro atoms. The molecule has 1 atom stereocenters. The monoisotopic (exact) mass is 386 g/mol. The van der Waals surface area contributed by atoms with Crippen molar-refractivity contribution >= 4 is 40.0 Å². The molecule has 0 fully saturated rings. The van der Waals surface area contributed by atoms with E-state index in [9.17, 15) is 9.59 Å². The number of rotatable bonds is 6. The summed E-state index contributed by atoms with van der Waals surface area (Å²) in [5.74, 6) is 0.0870. The van der Waals surface area contributed by atoms with E-state index in [0.29, 0.717) is 26.6 Å². The van der Waals surface area contributed by atoms with E-state index in [1.165, 1.54) is 11.8 Å². The molecule has 0 N–H and O–H groups in total. The number of hydrogen-bond acceptors (Lipinski definition) is 4. The highest BCUT2D eigenvalue weighted by atomic mass is 35.5. The zero-order chi connectivity index (χ0) is 18.7. The Bertz CT molecular complexity index is 1020. The Morgan fingerprint density at radius 1 is 1.19 bits per heavy atom. The number of fused-ring (bicyclic) bond motifs is 1. The van der Waals surface area contributed by atoms with Gasteiger partial charge in [0.15, 0.2) is 10.9 Å². The highest BCUT2D eigenvalue weighted by Gasteiger charge is 2.17. The third-order valence-corrected chi connectivity index (χ3v) is 5.60. The fourth-order valence-corrected chi connectivity index (χ4v) is 3.92. The highest BCUT2D eigenvalue weighted by Crippen LogP contribution is 2.24. The number of carbonyl (C=O) groups is 1. The van der Waals surface area contributed by atoms with E-state index in [2.05, 4.69) is 4.98 Å². The van der Waals surface area contributed by atoms with E-state index in [-0.39, 0.29) is 23.1 Å². The van der Waals surface area contributed by atoms with E-state index >= 15 is 0 Å². The van der Waals surface area contributed by atoms with Crippen LogP contribution < -0.4 is 5.56 Å². The molecule has 0 unspecified atom stereocenters. The number of ketones is 1. The summed E-state index contributed by atoms with van der Waals surface area (Å²) in [4.78, 5) is 30.1. The van der Waals surface area contributed by atoms with Crippen molar-refractivity contribution in [2.24, 2.45) is 0 Å². The van der Waals surface area contributed by atoms with Crippen LogP contribution in [0.4, 0.5) is 0 Å². The number of Topliss-reactive ketones (excluding diaryl/α,β-unsaturated/α-hetero) is 1. The molecular formula is C20H19ClN2O2S. The molecule has 0 aliphatic carbocycles. The lowest BCUT2D eigenvalue weighted by Crippen LogP contribution is -2.26. The predicted molar refractivity (Wildman–Crippen MR) is 108 cm³/mol. The Morgan fingerprint density at radius 3 is 2.62 bits per heavy atom. The summed E-state index contributed by atoms with van der Waals surface area (Å²) in [6.45, 7) is 4.01. The Balaban J connectivity index is 1.97. The van der Waals surface area contributed by atoms with Gasteiger partial charge in [0.05, 0.1) is 21.7 Å². The molecule has 4 nitrogen and oxygen atoms in total. The second-order valence-corrected chi connectivity index (χ2v) is 7.39. The van der Waals surface area contributed by atoms with Gasteiger partial charge >= 0.3 is 0 Å². The molecule has 26 heavy (non-hydrogen) atoms. The van der Waals surface area contributed by atoms with Gasteiger partial charge in [-0.05, 0) is 37.6 Å². The molecule has 0 aliphatic heterocycles. The first kappa shape index (κ1) is 18.7. The largest absolute Gasteiger partial charge is 0.293 e. The van der Waals surface area contributed by atoms with E-state index < -0.39 is 0 Å². The van der Waals surface area contributed by atoms with Crippen LogP contribution in [0, 0.1) is 0 Å². The molecular weight excluding hydrogens is 368 g/mol. The molecule has 1 heterocycles. The SMILES string of the molecule is CC[C@H](C)n1c(SCC(=O)c2ccccc2Cl)nc2ccccc2c1=O. The second-order valence-electron chi connectivity index (χ2n) is 6.04. The third-order valence-electron chi connectivity index (χ3n) is 4.31. The quantitative estimate of drug-likeness (QED) is 0.340. The van der Waals surface area contributed by atoms with Crippen molar-refractivity contribution in [1.29, 1.82) is 0 Å². The summed E-state index contributed by atoms with van der Waals surface area (Å²) < 4.78 is 1.69. The first-order valence-corrected chi connectivity index (χ1v) is 9.81. The highest BCUT2D eigenvalue weighted by molar-refractivity contribution is 7.99. The molecule has 0 saturated heterocycles. The number of nitrogens with zero attached hydrogens (tertiary/aromatic N) is 2. The van der Waals surface area contributed by atoms with Crippen LogP contribution in [-0.2, 0) is 0 Å². The third kappa shape index (κ3) is 3.69. The van der Waals surface area contributed by atoms with Crippen LogP contribution in [0.2, 0.25) is 5.02 Å². The summed E-state index contributed by atoms with van der Waals surface area (Å²) in [6.07, 6.45) is 0.798. The van der Waals surface area contributed by atoms with Crippen LogP contribution in [0.25, 0.3) is 10.9 Å². The fourth-order valence-electron chi connectivity index (χ4n) is 2.69. The van der Waals surface area contributed by atoms with Crippen LogP contribution >= 0.6 is 23.4 Å². The van der Waals surface area contributed by atoms with E-state index in [1.54, 1.807) is 34.9 Å². The molecule has 0 saturated carbocycles. The molecule has 3 aromatic rings. The van der Waals surface area contributed by atoms with Gasteiger partial charge in [-0.3, -0.25) is 14.2 Å². The van der Waals surface area contributed by atoms with Crippen LogP contribution in [0.5, 0.6) is 0 Å². The first-order chi connectivity index (χ1) is 12.5. The Morgan fingerprint density at radius 2 is 1.88 bits per heavy atom. The number of para-hydroxylation sites is 1. The first-order valence-electron chi connectivity index (χ1n) is 8.44. The molecule has 2 aromatic carbocycles. The van der Waals surface area contributed by atoms with Gasteiger partial charge in [0, 0.05) is 11.6 Å². The molecule has 0 amide bonds. The minimum Gasteiger partial charge on any atom is -0.293 e. The number of halogens is 1. The van der Waals surface area contributed by atoms with Crippen LogP contribution in [0.1, 0.15) is 36.7 Å². The number of hydrogen-bond donors (Lipinski definition) is 0.